The number of carbonyl (C=O) groups excluding carboxylic acids is 2. The van der Waals surface area contributed by atoms with Crippen LogP contribution in [0.5, 0.6) is 0 Å². The molecule has 0 aromatic rings. The smallest absolute Gasteiger partial charge is 0.317 e. The second-order valence-electron chi connectivity index (χ2n) is 12.1. The molecule has 3 heteroatoms. The Morgan fingerprint density at radius 2 is 1.38 bits per heavy atom. The lowest BCUT2D eigenvalue weighted by molar-refractivity contribution is -0.157. The van der Waals surface area contributed by atoms with Crippen molar-refractivity contribution in [1.82, 2.24) is 0 Å². The fraction of sp³-hybridized carbons (Fsp3) is 0.913. The molecule has 0 bridgehead atoms. The lowest BCUT2D eigenvalue weighted by Gasteiger charge is -2.56. The minimum absolute atomic E-state index is 0.0202. The Balaban J connectivity index is 3.35. The standard InChI is InChI=1S/C23H42O3/c1-15(19(2,3)4)22(10,11)21(8,9)14-23(12,20(5,6)7)16-13-17(24)26-18(16)25/h15-16H,13-14H2,1-12H3. The molecule has 0 N–H and O–H groups in total. The predicted octanol–water partition coefficient (Wildman–Crippen LogP) is 6.25. The van der Waals surface area contributed by atoms with Gasteiger partial charge in [0, 0.05) is 0 Å². The second-order valence-corrected chi connectivity index (χ2v) is 12.1. The number of ether oxygens (including phenoxy) is 1. The van der Waals surface area contributed by atoms with Crippen LogP contribution in [-0.4, -0.2) is 11.9 Å². The van der Waals surface area contributed by atoms with Crippen LogP contribution in [0.15, 0.2) is 0 Å². The largest absolute Gasteiger partial charge is 0.393 e. The van der Waals surface area contributed by atoms with Gasteiger partial charge in [0.15, 0.2) is 0 Å². The molecule has 1 rings (SSSR count). The average molecular weight is 367 g/mol. The van der Waals surface area contributed by atoms with Gasteiger partial charge in [-0.25, -0.2) is 0 Å². The molecule has 0 aromatic heterocycles. The third-order valence-electron chi connectivity index (χ3n) is 8.29. The molecule has 0 aromatic carbocycles. The average Bonchev–Trinajstić information content (AvgIpc) is 2.74. The molecule has 26 heavy (non-hydrogen) atoms. The molecular weight excluding hydrogens is 324 g/mol. The third kappa shape index (κ3) is 4.02. The van der Waals surface area contributed by atoms with E-state index in [1.54, 1.807) is 0 Å². The molecule has 1 heterocycles. The molecule has 0 aliphatic carbocycles. The topological polar surface area (TPSA) is 43.4 Å². The number of hydrogen-bond acceptors (Lipinski definition) is 3. The first-order valence-electron chi connectivity index (χ1n) is 10.0. The van der Waals surface area contributed by atoms with Crippen molar-refractivity contribution in [1.29, 1.82) is 0 Å². The van der Waals surface area contributed by atoms with Crippen LogP contribution in [-0.2, 0) is 14.3 Å². The van der Waals surface area contributed by atoms with E-state index in [-0.39, 0.29) is 51.4 Å². The van der Waals surface area contributed by atoms with Crippen LogP contribution in [0.4, 0.5) is 0 Å². The van der Waals surface area contributed by atoms with Crippen LogP contribution in [0.3, 0.4) is 0 Å². The van der Waals surface area contributed by atoms with Crippen molar-refractivity contribution in [2.24, 2.45) is 38.9 Å². The van der Waals surface area contributed by atoms with Crippen molar-refractivity contribution < 1.29 is 14.3 Å². The minimum Gasteiger partial charge on any atom is -0.393 e. The number of esters is 2. The molecule has 3 unspecified atom stereocenters. The van der Waals surface area contributed by atoms with Crippen molar-refractivity contribution in [2.75, 3.05) is 0 Å². The molecule has 152 valence electrons. The highest BCUT2D eigenvalue weighted by atomic mass is 16.6. The van der Waals surface area contributed by atoms with E-state index in [4.69, 9.17) is 4.74 Å². The fourth-order valence-electron chi connectivity index (χ4n) is 4.69. The zero-order valence-corrected chi connectivity index (χ0v) is 19.3. The van der Waals surface area contributed by atoms with Gasteiger partial charge in [-0.3, -0.25) is 9.59 Å². The SMILES string of the molecule is CC(C(C)(C)C)C(C)(C)C(C)(C)CC(C)(C1CC(=O)OC1=O)C(C)(C)C. The van der Waals surface area contributed by atoms with Gasteiger partial charge in [0.2, 0.25) is 0 Å². The van der Waals surface area contributed by atoms with Gasteiger partial charge < -0.3 is 4.74 Å². The van der Waals surface area contributed by atoms with Crippen LogP contribution < -0.4 is 0 Å². The summed E-state index contributed by atoms with van der Waals surface area (Å²) in [5, 5.41) is 0. The molecule has 0 spiro atoms. The first-order valence-corrected chi connectivity index (χ1v) is 10.0. The maximum Gasteiger partial charge on any atom is 0.317 e. The fourth-order valence-corrected chi connectivity index (χ4v) is 4.69. The number of carbonyl (C=O) groups is 2. The van der Waals surface area contributed by atoms with Crippen LogP contribution in [0, 0.1) is 38.9 Å². The lowest BCUT2D eigenvalue weighted by Crippen LogP contribution is -2.50. The number of hydrogen-bond donors (Lipinski definition) is 0. The molecule has 3 atom stereocenters. The Morgan fingerprint density at radius 3 is 1.69 bits per heavy atom. The van der Waals surface area contributed by atoms with Crippen LogP contribution in [0.25, 0.3) is 0 Å². The van der Waals surface area contributed by atoms with E-state index in [0.717, 1.165) is 6.42 Å². The Labute approximate surface area is 161 Å². The maximum absolute atomic E-state index is 12.5. The van der Waals surface area contributed by atoms with Gasteiger partial charge in [-0.1, -0.05) is 83.1 Å². The number of cyclic esters (lactones) is 2. The molecule has 1 aliphatic heterocycles. The van der Waals surface area contributed by atoms with Gasteiger partial charge in [0.05, 0.1) is 12.3 Å². The highest BCUT2D eigenvalue weighted by Crippen LogP contribution is 2.60. The summed E-state index contributed by atoms with van der Waals surface area (Å²) in [7, 11) is 0. The molecular formula is C23H42O3. The highest BCUT2D eigenvalue weighted by Gasteiger charge is 2.57. The number of rotatable bonds is 5. The van der Waals surface area contributed by atoms with E-state index in [9.17, 15) is 9.59 Å². The summed E-state index contributed by atoms with van der Waals surface area (Å²) >= 11 is 0. The van der Waals surface area contributed by atoms with Crippen LogP contribution >= 0.6 is 0 Å². The first-order chi connectivity index (χ1) is 11.3. The normalized spacial score (nSPS) is 23.6. The summed E-state index contributed by atoms with van der Waals surface area (Å²) in [5.41, 5.74) is -0.215. The zero-order valence-electron chi connectivity index (χ0n) is 19.3. The monoisotopic (exact) mass is 366 g/mol. The Hall–Kier alpha value is -0.860. The molecule has 1 aliphatic rings. The minimum atomic E-state index is -0.379. The van der Waals surface area contributed by atoms with Gasteiger partial charge in [-0.15, -0.1) is 0 Å². The van der Waals surface area contributed by atoms with Crippen molar-refractivity contribution in [3.05, 3.63) is 0 Å². The Kier molecular flexibility index (Phi) is 5.91. The summed E-state index contributed by atoms with van der Waals surface area (Å²) < 4.78 is 4.94. The van der Waals surface area contributed by atoms with Gasteiger partial charge in [0.1, 0.15) is 0 Å². The third-order valence-corrected chi connectivity index (χ3v) is 8.29. The van der Waals surface area contributed by atoms with E-state index in [1.165, 1.54) is 0 Å². The Morgan fingerprint density at radius 1 is 0.923 bits per heavy atom. The molecule has 3 nitrogen and oxygen atoms in total. The van der Waals surface area contributed by atoms with Crippen molar-refractivity contribution in [2.45, 2.75) is 95.9 Å². The molecule has 1 fully saturated rings. The summed E-state index contributed by atoms with van der Waals surface area (Å²) in [6.45, 7) is 27.3. The molecule has 0 amide bonds. The zero-order chi connectivity index (χ0) is 20.9. The molecule has 0 radical (unpaired) electrons. The molecule has 1 saturated heterocycles. The van der Waals surface area contributed by atoms with E-state index in [1.807, 2.05) is 0 Å². The van der Waals surface area contributed by atoms with Crippen molar-refractivity contribution in [3.8, 4) is 0 Å². The van der Waals surface area contributed by atoms with E-state index < -0.39 is 0 Å². The maximum atomic E-state index is 12.5. The Bertz CT molecular complexity index is 557. The summed E-state index contributed by atoms with van der Waals surface area (Å²) in [6, 6.07) is 0. The summed E-state index contributed by atoms with van der Waals surface area (Å²) in [4.78, 5) is 24.3. The van der Waals surface area contributed by atoms with E-state index in [2.05, 4.69) is 83.1 Å². The van der Waals surface area contributed by atoms with Gasteiger partial charge >= 0.3 is 11.9 Å². The van der Waals surface area contributed by atoms with Gasteiger partial charge in [-0.2, -0.15) is 0 Å². The molecule has 0 saturated carbocycles. The van der Waals surface area contributed by atoms with Crippen LogP contribution in [0.1, 0.15) is 95.9 Å². The highest BCUT2D eigenvalue weighted by molar-refractivity contribution is 5.95. The predicted molar refractivity (Wildman–Crippen MR) is 108 cm³/mol. The van der Waals surface area contributed by atoms with Gasteiger partial charge in [-0.05, 0) is 39.4 Å². The lowest BCUT2D eigenvalue weighted by atomic mass is 9.48. The first kappa shape index (κ1) is 23.2. The van der Waals surface area contributed by atoms with Gasteiger partial charge in [0.25, 0.3) is 0 Å². The van der Waals surface area contributed by atoms with E-state index >= 15 is 0 Å². The second kappa shape index (κ2) is 6.63. The van der Waals surface area contributed by atoms with E-state index in [0.29, 0.717) is 5.92 Å². The van der Waals surface area contributed by atoms with Crippen LogP contribution in [0.2, 0.25) is 0 Å². The quantitative estimate of drug-likeness (QED) is 0.426. The summed E-state index contributed by atoms with van der Waals surface area (Å²) in [6.07, 6.45) is 1.07. The van der Waals surface area contributed by atoms with Crippen molar-refractivity contribution >= 4 is 11.9 Å². The van der Waals surface area contributed by atoms with Crippen molar-refractivity contribution in [3.63, 3.8) is 0 Å². The summed E-state index contributed by atoms with van der Waals surface area (Å²) in [5.74, 6) is -0.595.